The number of benzene rings is 2. The van der Waals surface area contributed by atoms with Crippen molar-refractivity contribution in [1.82, 2.24) is 0 Å². The lowest BCUT2D eigenvalue weighted by atomic mass is 10.1. The monoisotopic (exact) mass is 394 g/mol. The summed E-state index contributed by atoms with van der Waals surface area (Å²) in [5, 5.41) is 2.72. The van der Waals surface area contributed by atoms with Gasteiger partial charge in [-0.3, -0.25) is 9.10 Å². The predicted molar refractivity (Wildman–Crippen MR) is 104 cm³/mol. The van der Waals surface area contributed by atoms with E-state index >= 15 is 0 Å². The van der Waals surface area contributed by atoms with Gasteiger partial charge in [-0.25, -0.2) is 12.8 Å². The molecule has 0 aliphatic rings. The first-order chi connectivity index (χ1) is 12.8. The minimum absolute atomic E-state index is 0.229. The van der Waals surface area contributed by atoms with Gasteiger partial charge in [0.25, 0.3) is 0 Å². The molecule has 1 amide bonds. The maximum absolute atomic E-state index is 13.2. The van der Waals surface area contributed by atoms with Crippen LogP contribution in [0.2, 0.25) is 0 Å². The van der Waals surface area contributed by atoms with E-state index in [-0.39, 0.29) is 12.1 Å². The summed E-state index contributed by atoms with van der Waals surface area (Å²) in [5.74, 6) is -0.290. The Labute approximate surface area is 159 Å². The number of carbonyl (C=O) groups is 1. The normalized spacial score (nSPS) is 12.3. The van der Waals surface area contributed by atoms with Gasteiger partial charge >= 0.3 is 0 Å². The number of ether oxygens (including phenoxy) is 1. The van der Waals surface area contributed by atoms with Crippen molar-refractivity contribution in [1.29, 1.82) is 0 Å². The summed E-state index contributed by atoms with van der Waals surface area (Å²) in [7, 11) is -3.76. The number of anilines is 2. The smallest absolute Gasteiger partial charge is 0.248 e. The fourth-order valence-corrected chi connectivity index (χ4v) is 3.89. The molecule has 0 aliphatic carbocycles. The van der Waals surface area contributed by atoms with E-state index in [0.29, 0.717) is 18.0 Å². The molecule has 0 aliphatic heterocycles. The van der Waals surface area contributed by atoms with Gasteiger partial charge in [-0.1, -0.05) is 6.92 Å². The molecule has 0 saturated carbocycles. The van der Waals surface area contributed by atoms with Crippen LogP contribution in [0, 0.1) is 5.82 Å². The highest BCUT2D eigenvalue weighted by molar-refractivity contribution is 7.92. The van der Waals surface area contributed by atoms with Crippen LogP contribution < -0.4 is 14.4 Å². The van der Waals surface area contributed by atoms with Crippen molar-refractivity contribution in [2.45, 2.75) is 26.3 Å². The molecule has 0 spiro atoms. The molecule has 6 nitrogen and oxygen atoms in total. The molecule has 2 rings (SSSR count). The van der Waals surface area contributed by atoms with Crippen LogP contribution >= 0.6 is 0 Å². The Balaban J connectivity index is 2.27. The van der Waals surface area contributed by atoms with Gasteiger partial charge in [-0.2, -0.15) is 0 Å². The Morgan fingerprint density at radius 2 is 1.70 bits per heavy atom. The molecule has 27 heavy (non-hydrogen) atoms. The van der Waals surface area contributed by atoms with E-state index in [1.807, 2.05) is 6.92 Å². The molecule has 1 atom stereocenters. The predicted octanol–water partition coefficient (Wildman–Crippen LogP) is 3.41. The third-order valence-corrected chi connectivity index (χ3v) is 5.02. The average molecular weight is 394 g/mol. The van der Waals surface area contributed by atoms with Crippen LogP contribution in [-0.2, 0) is 14.8 Å². The molecule has 0 fully saturated rings. The van der Waals surface area contributed by atoms with Crippen molar-refractivity contribution in [3.05, 3.63) is 54.3 Å². The van der Waals surface area contributed by atoms with E-state index in [1.165, 1.54) is 12.1 Å². The van der Waals surface area contributed by atoms with Gasteiger partial charge in [-0.05, 0) is 61.9 Å². The summed E-state index contributed by atoms with van der Waals surface area (Å²) in [6.07, 6.45) is 1.26. The van der Waals surface area contributed by atoms with Crippen LogP contribution in [0.1, 0.15) is 20.3 Å². The van der Waals surface area contributed by atoms with Gasteiger partial charge in [0.15, 0.2) is 0 Å². The fraction of sp³-hybridized carbons (Fsp3) is 0.316. The number of hydrogen-bond acceptors (Lipinski definition) is 4. The minimum atomic E-state index is -3.76. The zero-order chi connectivity index (χ0) is 20.0. The van der Waals surface area contributed by atoms with Gasteiger partial charge in [0.05, 0.1) is 18.6 Å². The van der Waals surface area contributed by atoms with E-state index in [9.17, 15) is 17.6 Å². The molecule has 1 N–H and O–H groups in total. The standard InChI is InChI=1S/C19H23FN2O4S/c1-4-18(19(23)21-15-8-12-17(13-9-15)26-5-2)22(27(3,24)25)16-10-6-14(20)7-11-16/h6-13,18H,4-5H2,1-3H3,(H,21,23)/t18-/m1/s1. The summed E-state index contributed by atoms with van der Waals surface area (Å²) < 4.78 is 44.2. The summed E-state index contributed by atoms with van der Waals surface area (Å²) in [6.45, 7) is 4.12. The number of sulfonamides is 1. The fourth-order valence-electron chi connectivity index (χ4n) is 2.68. The number of nitrogens with one attached hydrogen (secondary N) is 1. The maximum atomic E-state index is 13.2. The summed E-state index contributed by atoms with van der Waals surface area (Å²) in [4.78, 5) is 12.8. The summed E-state index contributed by atoms with van der Waals surface area (Å²) in [5.41, 5.74) is 0.752. The van der Waals surface area contributed by atoms with Crippen LogP contribution in [0.5, 0.6) is 5.75 Å². The second kappa shape index (κ2) is 8.85. The molecule has 2 aromatic rings. The molecule has 0 aromatic heterocycles. The number of hydrogen-bond donors (Lipinski definition) is 1. The first-order valence-corrected chi connectivity index (χ1v) is 10.4. The average Bonchev–Trinajstić information content (AvgIpc) is 2.61. The van der Waals surface area contributed by atoms with E-state index in [2.05, 4.69) is 5.32 Å². The minimum Gasteiger partial charge on any atom is -0.494 e. The Morgan fingerprint density at radius 3 is 2.19 bits per heavy atom. The Bertz CT molecular complexity index is 868. The molecule has 0 saturated heterocycles. The van der Waals surface area contributed by atoms with Crippen molar-refractivity contribution < 1.29 is 22.3 Å². The number of amides is 1. The van der Waals surface area contributed by atoms with Gasteiger partial charge < -0.3 is 10.1 Å². The van der Waals surface area contributed by atoms with E-state index in [1.54, 1.807) is 31.2 Å². The van der Waals surface area contributed by atoms with Crippen molar-refractivity contribution in [3.63, 3.8) is 0 Å². The van der Waals surface area contributed by atoms with Crippen LogP contribution in [0.25, 0.3) is 0 Å². The highest BCUT2D eigenvalue weighted by Gasteiger charge is 2.31. The third-order valence-electron chi connectivity index (χ3n) is 3.84. The van der Waals surface area contributed by atoms with E-state index in [0.717, 1.165) is 22.7 Å². The van der Waals surface area contributed by atoms with E-state index in [4.69, 9.17) is 4.74 Å². The first-order valence-electron chi connectivity index (χ1n) is 8.55. The SMILES string of the molecule is CCOc1ccc(NC(=O)[C@@H](CC)N(c2ccc(F)cc2)S(C)(=O)=O)cc1. The molecule has 0 heterocycles. The molecular weight excluding hydrogens is 371 g/mol. The molecule has 146 valence electrons. The molecule has 0 radical (unpaired) electrons. The maximum Gasteiger partial charge on any atom is 0.248 e. The highest BCUT2D eigenvalue weighted by Crippen LogP contribution is 2.24. The van der Waals surface area contributed by atoms with Gasteiger partial charge in [0.2, 0.25) is 15.9 Å². The van der Waals surface area contributed by atoms with Crippen molar-refractivity contribution in [3.8, 4) is 5.75 Å². The quantitative estimate of drug-likeness (QED) is 0.745. The second-order valence-corrected chi connectivity index (χ2v) is 7.77. The Hall–Kier alpha value is -2.61. The molecular formula is C19H23FN2O4S. The van der Waals surface area contributed by atoms with Crippen molar-refractivity contribution >= 4 is 27.3 Å². The van der Waals surface area contributed by atoms with Crippen LogP contribution in [0.3, 0.4) is 0 Å². The lowest BCUT2D eigenvalue weighted by Crippen LogP contribution is -2.47. The number of nitrogens with zero attached hydrogens (tertiary/aromatic N) is 1. The first kappa shape index (κ1) is 20.7. The van der Waals surface area contributed by atoms with Gasteiger partial charge in [-0.15, -0.1) is 0 Å². The van der Waals surface area contributed by atoms with Crippen LogP contribution in [-0.4, -0.2) is 33.2 Å². The second-order valence-electron chi connectivity index (χ2n) is 5.91. The topological polar surface area (TPSA) is 75.7 Å². The Kier molecular flexibility index (Phi) is 6.79. The van der Waals surface area contributed by atoms with Crippen LogP contribution in [0.15, 0.2) is 48.5 Å². The zero-order valence-electron chi connectivity index (χ0n) is 15.5. The molecule has 2 aromatic carbocycles. The highest BCUT2D eigenvalue weighted by atomic mass is 32.2. The van der Waals surface area contributed by atoms with Crippen molar-refractivity contribution in [2.24, 2.45) is 0 Å². The lowest BCUT2D eigenvalue weighted by Gasteiger charge is -2.30. The van der Waals surface area contributed by atoms with Gasteiger partial charge in [0, 0.05) is 5.69 Å². The number of rotatable bonds is 8. The summed E-state index contributed by atoms with van der Waals surface area (Å²) >= 11 is 0. The van der Waals surface area contributed by atoms with Crippen molar-refractivity contribution in [2.75, 3.05) is 22.5 Å². The lowest BCUT2D eigenvalue weighted by molar-refractivity contribution is -0.117. The number of carbonyl (C=O) groups excluding carboxylic acids is 1. The zero-order valence-corrected chi connectivity index (χ0v) is 16.3. The Morgan fingerprint density at radius 1 is 1.11 bits per heavy atom. The molecule has 0 bridgehead atoms. The third kappa shape index (κ3) is 5.43. The summed E-state index contributed by atoms with van der Waals surface area (Å²) in [6, 6.07) is 10.8. The van der Waals surface area contributed by atoms with Crippen LogP contribution in [0.4, 0.5) is 15.8 Å². The largest absolute Gasteiger partial charge is 0.494 e. The van der Waals surface area contributed by atoms with Gasteiger partial charge in [0.1, 0.15) is 17.6 Å². The van der Waals surface area contributed by atoms with E-state index < -0.39 is 27.8 Å². The number of halogens is 1. The molecule has 8 heteroatoms. The molecule has 0 unspecified atom stereocenters.